The first kappa shape index (κ1) is 11.8. The Balaban J connectivity index is 2.16. The Morgan fingerprint density at radius 1 is 1.33 bits per heavy atom. The molecule has 1 atom stereocenters. The van der Waals surface area contributed by atoms with E-state index in [0.717, 1.165) is 30.9 Å². The minimum atomic E-state index is -3.18. The Bertz CT molecular complexity index is 568. The van der Waals surface area contributed by atoms with Gasteiger partial charge in [-0.05, 0) is 31.4 Å². The van der Waals surface area contributed by atoms with Crippen molar-refractivity contribution in [2.75, 3.05) is 29.6 Å². The highest BCUT2D eigenvalue weighted by Crippen LogP contribution is 2.39. The lowest BCUT2D eigenvalue weighted by Crippen LogP contribution is -2.28. The minimum Gasteiger partial charge on any atom is -0.382 e. The molecular formula is C13H18N2O2S. The Morgan fingerprint density at radius 2 is 2.17 bits per heavy atom. The summed E-state index contributed by atoms with van der Waals surface area (Å²) in [5, 5.41) is 3.31. The van der Waals surface area contributed by atoms with Crippen LogP contribution >= 0.6 is 0 Å². The average molecular weight is 266 g/mol. The number of anilines is 2. The van der Waals surface area contributed by atoms with E-state index >= 15 is 0 Å². The van der Waals surface area contributed by atoms with Gasteiger partial charge in [0.2, 0.25) is 0 Å². The molecule has 2 aliphatic rings. The van der Waals surface area contributed by atoms with Gasteiger partial charge in [0.1, 0.15) is 0 Å². The van der Waals surface area contributed by atoms with Gasteiger partial charge in [0, 0.05) is 25.4 Å². The van der Waals surface area contributed by atoms with Crippen LogP contribution in [0.2, 0.25) is 0 Å². The summed E-state index contributed by atoms with van der Waals surface area (Å²) in [7, 11) is -3.18. The Hall–Kier alpha value is -1.23. The molecule has 0 radical (unpaired) electrons. The lowest BCUT2D eigenvalue weighted by atomic mass is 10.1. The van der Waals surface area contributed by atoms with Gasteiger partial charge in [0.05, 0.1) is 16.3 Å². The molecule has 3 rings (SSSR count). The molecule has 1 fully saturated rings. The number of para-hydroxylation sites is 1. The third kappa shape index (κ3) is 1.86. The quantitative estimate of drug-likeness (QED) is 0.843. The number of sulfone groups is 1. The first-order chi connectivity index (χ1) is 8.57. The second-order valence-electron chi connectivity index (χ2n) is 5.13. The van der Waals surface area contributed by atoms with Crippen molar-refractivity contribution in [1.82, 2.24) is 0 Å². The zero-order valence-corrected chi connectivity index (χ0v) is 11.3. The first-order valence-electron chi connectivity index (χ1n) is 6.41. The summed E-state index contributed by atoms with van der Waals surface area (Å²) in [6.07, 6.45) is 4.77. The molecule has 2 heterocycles. The third-order valence-electron chi connectivity index (χ3n) is 3.87. The topological polar surface area (TPSA) is 49.4 Å². The van der Waals surface area contributed by atoms with E-state index in [4.69, 9.17) is 0 Å². The maximum atomic E-state index is 11.9. The summed E-state index contributed by atoms with van der Waals surface area (Å²) in [4.78, 5) is 2.79. The van der Waals surface area contributed by atoms with E-state index < -0.39 is 9.84 Å². The van der Waals surface area contributed by atoms with Crippen molar-refractivity contribution in [2.45, 2.75) is 30.2 Å². The summed E-state index contributed by atoms with van der Waals surface area (Å²) >= 11 is 0. The standard InChI is InChI=1S/C13H18N2O2S/c1-18(16,17)12-6-2-5-11-13(12)14-8-7-10-4-3-9-15(10)11/h2,5-6,10,14H,3-4,7-9H2,1H3. The Labute approximate surface area is 108 Å². The number of fused-ring (bicyclic) bond motifs is 3. The molecule has 18 heavy (non-hydrogen) atoms. The molecular weight excluding hydrogens is 248 g/mol. The van der Waals surface area contributed by atoms with E-state index in [1.807, 2.05) is 12.1 Å². The maximum absolute atomic E-state index is 11.9. The maximum Gasteiger partial charge on any atom is 0.177 e. The van der Waals surface area contributed by atoms with Crippen LogP contribution in [0.25, 0.3) is 0 Å². The smallest absolute Gasteiger partial charge is 0.177 e. The van der Waals surface area contributed by atoms with Crippen LogP contribution in [0.5, 0.6) is 0 Å². The second kappa shape index (κ2) is 4.16. The van der Waals surface area contributed by atoms with Gasteiger partial charge in [-0.15, -0.1) is 0 Å². The molecule has 5 heteroatoms. The molecule has 2 aliphatic heterocycles. The van der Waals surface area contributed by atoms with Crippen molar-refractivity contribution in [3.8, 4) is 0 Å². The Kier molecular flexibility index (Phi) is 2.73. The molecule has 98 valence electrons. The zero-order valence-electron chi connectivity index (χ0n) is 10.5. The molecule has 4 nitrogen and oxygen atoms in total. The van der Waals surface area contributed by atoms with Crippen LogP contribution in [0.15, 0.2) is 23.1 Å². The molecule has 1 aromatic carbocycles. The Morgan fingerprint density at radius 3 is 2.94 bits per heavy atom. The molecule has 1 unspecified atom stereocenters. The fourth-order valence-electron chi connectivity index (χ4n) is 3.06. The van der Waals surface area contributed by atoms with Gasteiger partial charge in [0.25, 0.3) is 0 Å². The van der Waals surface area contributed by atoms with Gasteiger partial charge in [-0.1, -0.05) is 6.07 Å². The third-order valence-corrected chi connectivity index (χ3v) is 5.01. The molecule has 0 aromatic heterocycles. The van der Waals surface area contributed by atoms with Crippen LogP contribution in [0.4, 0.5) is 11.4 Å². The lowest BCUT2D eigenvalue weighted by Gasteiger charge is -2.25. The van der Waals surface area contributed by atoms with Crippen molar-refractivity contribution in [3.63, 3.8) is 0 Å². The highest BCUT2D eigenvalue weighted by Gasteiger charge is 2.30. The molecule has 0 bridgehead atoms. The van der Waals surface area contributed by atoms with E-state index in [9.17, 15) is 8.42 Å². The number of nitrogens with one attached hydrogen (secondary N) is 1. The SMILES string of the molecule is CS(=O)(=O)c1cccc2c1NCCC1CCCN21. The summed E-state index contributed by atoms with van der Waals surface area (Å²) in [6.45, 7) is 1.88. The van der Waals surface area contributed by atoms with Gasteiger partial charge in [-0.2, -0.15) is 0 Å². The van der Waals surface area contributed by atoms with E-state index in [2.05, 4.69) is 10.2 Å². The summed E-state index contributed by atoms with van der Waals surface area (Å²) in [5.41, 5.74) is 1.85. The molecule has 0 saturated carbocycles. The van der Waals surface area contributed by atoms with Crippen LogP contribution in [-0.2, 0) is 9.84 Å². The fraction of sp³-hybridized carbons (Fsp3) is 0.538. The predicted molar refractivity (Wildman–Crippen MR) is 73.0 cm³/mol. The molecule has 1 aromatic rings. The first-order valence-corrected chi connectivity index (χ1v) is 8.30. The van der Waals surface area contributed by atoms with Crippen molar-refractivity contribution >= 4 is 21.2 Å². The van der Waals surface area contributed by atoms with E-state index in [-0.39, 0.29) is 0 Å². The zero-order chi connectivity index (χ0) is 12.8. The number of nitrogens with zero attached hydrogens (tertiary/aromatic N) is 1. The van der Waals surface area contributed by atoms with Crippen LogP contribution < -0.4 is 10.2 Å². The van der Waals surface area contributed by atoms with Crippen LogP contribution in [0.3, 0.4) is 0 Å². The lowest BCUT2D eigenvalue weighted by molar-refractivity contribution is 0.602. The highest BCUT2D eigenvalue weighted by molar-refractivity contribution is 7.90. The largest absolute Gasteiger partial charge is 0.382 e. The van der Waals surface area contributed by atoms with Gasteiger partial charge in [-0.25, -0.2) is 8.42 Å². The monoisotopic (exact) mass is 266 g/mol. The fourth-order valence-corrected chi connectivity index (χ4v) is 3.94. The molecule has 0 amide bonds. The van der Waals surface area contributed by atoms with E-state index in [0.29, 0.717) is 10.9 Å². The van der Waals surface area contributed by atoms with Gasteiger partial charge >= 0.3 is 0 Å². The molecule has 0 aliphatic carbocycles. The second-order valence-corrected chi connectivity index (χ2v) is 7.11. The average Bonchev–Trinajstić information content (AvgIpc) is 2.69. The van der Waals surface area contributed by atoms with Crippen molar-refractivity contribution in [1.29, 1.82) is 0 Å². The normalized spacial score (nSPS) is 22.9. The van der Waals surface area contributed by atoms with Gasteiger partial charge < -0.3 is 10.2 Å². The number of rotatable bonds is 1. The van der Waals surface area contributed by atoms with Crippen LogP contribution in [0.1, 0.15) is 19.3 Å². The highest BCUT2D eigenvalue weighted by atomic mass is 32.2. The summed E-state index contributed by atoms with van der Waals surface area (Å²) in [5.74, 6) is 0. The predicted octanol–water partition coefficient (Wildman–Crippen LogP) is 1.87. The number of hydrogen-bond donors (Lipinski definition) is 1. The summed E-state index contributed by atoms with van der Waals surface area (Å²) < 4.78 is 23.7. The van der Waals surface area contributed by atoms with Crippen LogP contribution in [-0.4, -0.2) is 33.8 Å². The van der Waals surface area contributed by atoms with E-state index in [1.165, 1.54) is 19.1 Å². The molecule has 1 N–H and O–H groups in total. The molecule has 0 spiro atoms. The van der Waals surface area contributed by atoms with Crippen molar-refractivity contribution in [3.05, 3.63) is 18.2 Å². The van der Waals surface area contributed by atoms with Crippen molar-refractivity contribution < 1.29 is 8.42 Å². The number of benzene rings is 1. The molecule has 1 saturated heterocycles. The van der Waals surface area contributed by atoms with Gasteiger partial charge in [0.15, 0.2) is 9.84 Å². The summed E-state index contributed by atoms with van der Waals surface area (Å²) in [6, 6.07) is 6.13. The minimum absolute atomic E-state index is 0.424. The van der Waals surface area contributed by atoms with Gasteiger partial charge in [-0.3, -0.25) is 0 Å². The van der Waals surface area contributed by atoms with Crippen molar-refractivity contribution in [2.24, 2.45) is 0 Å². The number of hydrogen-bond acceptors (Lipinski definition) is 4. The van der Waals surface area contributed by atoms with Crippen LogP contribution in [0, 0.1) is 0 Å². The van der Waals surface area contributed by atoms with E-state index in [1.54, 1.807) is 6.07 Å².